The van der Waals surface area contributed by atoms with Gasteiger partial charge < -0.3 is 14.8 Å². The summed E-state index contributed by atoms with van der Waals surface area (Å²) >= 11 is 5.92. The van der Waals surface area contributed by atoms with Crippen molar-refractivity contribution in [3.05, 3.63) is 58.6 Å². The molecule has 13 heteroatoms. The number of urea groups is 1. The smallest absolute Gasteiger partial charge is 0.419 e. The third-order valence-corrected chi connectivity index (χ3v) is 5.29. The van der Waals surface area contributed by atoms with Crippen molar-refractivity contribution in [3.8, 4) is 5.75 Å². The molecule has 0 aromatic heterocycles. The second kappa shape index (κ2) is 10.1. The third kappa shape index (κ3) is 5.81. The molecular weight excluding hydrogens is 501 g/mol. The fraction of sp³-hybridized carbons (Fsp3) is 0.318. The van der Waals surface area contributed by atoms with E-state index in [9.17, 15) is 31.5 Å². The van der Waals surface area contributed by atoms with Crippen molar-refractivity contribution in [1.82, 2.24) is 5.01 Å². The Morgan fingerprint density at radius 2 is 1.86 bits per heavy atom. The highest BCUT2D eigenvalue weighted by molar-refractivity contribution is 6.30. The molecule has 1 aliphatic heterocycles. The topological polar surface area (TPSA) is 80.2 Å². The second-order valence-corrected chi connectivity index (χ2v) is 8.02. The standard InChI is InChI=1S/C22H19ClF5N3O4/c1-3-34-18(32)21(2)11-31(30-17(21)12-4-6-13(23)7-5-12)20(33)29-14-8-9-15(22(26,27)28)16(10-14)35-19(24)25/h4-10,19H,3,11H2,1-2H3,(H,29,33). The molecule has 0 aliphatic carbocycles. The molecule has 1 atom stereocenters. The van der Waals surface area contributed by atoms with Crippen LogP contribution in [-0.2, 0) is 15.7 Å². The lowest BCUT2D eigenvalue weighted by atomic mass is 9.82. The zero-order valence-electron chi connectivity index (χ0n) is 18.3. The van der Waals surface area contributed by atoms with E-state index in [4.69, 9.17) is 16.3 Å². The molecule has 1 aliphatic rings. The van der Waals surface area contributed by atoms with E-state index in [-0.39, 0.29) is 24.6 Å². The SMILES string of the molecule is CCOC(=O)C1(C)CN(C(=O)Nc2ccc(C(F)(F)F)c(OC(F)F)c2)N=C1c1ccc(Cl)cc1. The van der Waals surface area contributed by atoms with E-state index in [1.54, 1.807) is 31.2 Å². The van der Waals surface area contributed by atoms with Gasteiger partial charge in [0.25, 0.3) is 0 Å². The maximum atomic E-state index is 13.1. The van der Waals surface area contributed by atoms with E-state index < -0.39 is 41.5 Å². The minimum atomic E-state index is -4.96. The molecule has 188 valence electrons. The lowest BCUT2D eigenvalue weighted by Crippen LogP contribution is -2.42. The number of rotatable bonds is 6. The first-order valence-electron chi connectivity index (χ1n) is 10.1. The molecular formula is C22H19ClF5N3O4. The molecule has 3 rings (SSSR count). The van der Waals surface area contributed by atoms with Crippen molar-refractivity contribution in [1.29, 1.82) is 0 Å². The summed E-state index contributed by atoms with van der Waals surface area (Å²) in [5.74, 6) is -1.81. The maximum absolute atomic E-state index is 13.1. The van der Waals surface area contributed by atoms with Crippen LogP contribution in [0.2, 0.25) is 5.02 Å². The molecule has 0 fully saturated rings. The van der Waals surface area contributed by atoms with Gasteiger partial charge in [0.05, 0.1) is 24.4 Å². The van der Waals surface area contributed by atoms with Crippen LogP contribution in [0, 0.1) is 5.41 Å². The number of halogens is 6. The molecule has 2 aromatic rings. The summed E-state index contributed by atoms with van der Waals surface area (Å²) < 4.78 is 73.7. The van der Waals surface area contributed by atoms with Gasteiger partial charge in [0.2, 0.25) is 0 Å². The van der Waals surface area contributed by atoms with Gasteiger partial charge in [-0.25, -0.2) is 9.80 Å². The van der Waals surface area contributed by atoms with Crippen molar-refractivity contribution in [2.45, 2.75) is 26.6 Å². The number of ether oxygens (including phenoxy) is 2. The van der Waals surface area contributed by atoms with E-state index in [0.29, 0.717) is 22.7 Å². The molecule has 1 heterocycles. The average Bonchev–Trinajstić information content (AvgIpc) is 3.12. The molecule has 0 spiro atoms. The summed E-state index contributed by atoms with van der Waals surface area (Å²) in [7, 11) is 0. The zero-order chi connectivity index (χ0) is 26.0. The predicted molar refractivity (Wildman–Crippen MR) is 117 cm³/mol. The predicted octanol–water partition coefficient (Wildman–Crippen LogP) is 5.78. The number of hydrogen-bond acceptors (Lipinski definition) is 5. The number of nitrogens with zero attached hydrogens (tertiary/aromatic N) is 2. The Kier molecular flexibility index (Phi) is 7.53. The molecule has 2 aromatic carbocycles. The summed E-state index contributed by atoms with van der Waals surface area (Å²) in [4.78, 5) is 25.6. The highest BCUT2D eigenvalue weighted by Crippen LogP contribution is 2.39. The Labute approximate surface area is 201 Å². The number of carbonyl (C=O) groups is 2. The molecule has 0 saturated heterocycles. The first kappa shape index (κ1) is 26.2. The van der Waals surface area contributed by atoms with E-state index >= 15 is 0 Å². The number of hydrogen-bond donors (Lipinski definition) is 1. The number of anilines is 1. The summed E-state index contributed by atoms with van der Waals surface area (Å²) in [5.41, 5.74) is -2.37. The van der Waals surface area contributed by atoms with Crippen LogP contribution in [0.15, 0.2) is 47.6 Å². The van der Waals surface area contributed by atoms with E-state index in [2.05, 4.69) is 15.2 Å². The van der Waals surface area contributed by atoms with E-state index in [1.165, 1.54) is 6.92 Å². The molecule has 0 bridgehead atoms. The minimum absolute atomic E-state index is 0.0764. The molecule has 1 N–H and O–H groups in total. The fourth-order valence-electron chi connectivity index (χ4n) is 3.41. The van der Waals surface area contributed by atoms with Crippen LogP contribution in [0.5, 0.6) is 5.75 Å². The van der Waals surface area contributed by atoms with Gasteiger partial charge in [0.1, 0.15) is 11.2 Å². The molecule has 0 saturated carbocycles. The van der Waals surface area contributed by atoms with Crippen LogP contribution in [-0.4, -0.2) is 42.5 Å². The Bertz CT molecular complexity index is 1140. The zero-order valence-corrected chi connectivity index (χ0v) is 19.1. The highest BCUT2D eigenvalue weighted by atomic mass is 35.5. The van der Waals surface area contributed by atoms with Gasteiger partial charge >= 0.3 is 24.8 Å². The maximum Gasteiger partial charge on any atom is 0.419 e. The second-order valence-electron chi connectivity index (χ2n) is 7.58. The number of amides is 2. The Balaban J connectivity index is 1.91. The van der Waals surface area contributed by atoms with Crippen molar-refractivity contribution in [2.75, 3.05) is 18.5 Å². The van der Waals surface area contributed by atoms with Gasteiger partial charge in [-0.05, 0) is 43.7 Å². The molecule has 2 amide bonds. The van der Waals surface area contributed by atoms with Gasteiger partial charge in [-0.2, -0.15) is 27.1 Å². The third-order valence-electron chi connectivity index (χ3n) is 5.04. The van der Waals surface area contributed by atoms with Crippen LogP contribution in [0.25, 0.3) is 0 Å². The van der Waals surface area contributed by atoms with Crippen molar-refractivity contribution in [2.24, 2.45) is 10.5 Å². The number of hydrazone groups is 1. The van der Waals surface area contributed by atoms with Gasteiger partial charge in [-0.3, -0.25) is 4.79 Å². The minimum Gasteiger partial charge on any atom is -0.465 e. The number of nitrogens with one attached hydrogen (secondary N) is 1. The van der Waals surface area contributed by atoms with Crippen molar-refractivity contribution in [3.63, 3.8) is 0 Å². The number of benzene rings is 2. The average molecular weight is 520 g/mol. The van der Waals surface area contributed by atoms with Crippen molar-refractivity contribution < 1.29 is 41.0 Å². The van der Waals surface area contributed by atoms with Crippen molar-refractivity contribution >= 4 is 35.0 Å². The van der Waals surface area contributed by atoms with Gasteiger partial charge in [-0.1, -0.05) is 23.7 Å². The molecule has 35 heavy (non-hydrogen) atoms. The van der Waals surface area contributed by atoms with Crippen LogP contribution in [0.4, 0.5) is 32.4 Å². The Hall–Kier alpha value is -3.41. The first-order valence-corrected chi connectivity index (χ1v) is 10.5. The Morgan fingerprint density at radius 3 is 2.43 bits per heavy atom. The van der Waals surface area contributed by atoms with E-state index in [0.717, 1.165) is 11.1 Å². The van der Waals surface area contributed by atoms with Gasteiger partial charge in [0, 0.05) is 16.8 Å². The Morgan fingerprint density at radius 1 is 1.20 bits per heavy atom. The summed E-state index contributed by atoms with van der Waals surface area (Å²) in [5, 5.41) is 7.84. The highest BCUT2D eigenvalue weighted by Gasteiger charge is 2.48. The number of carbonyl (C=O) groups excluding carboxylic acids is 2. The molecule has 1 unspecified atom stereocenters. The van der Waals surface area contributed by atoms with Crippen LogP contribution < -0.4 is 10.1 Å². The quantitative estimate of drug-likeness (QED) is 0.387. The normalized spacial score (nSPS) is 17.9. The van der Waals surface area contributed by atoms with Crippen LogP contribution >= 0.6 is 11.6 Å². The lowest BCUT2D eigenvalue weighted by Gasteiger charge is -2.24. The lowest BCUT2D eigenvalue weighted by molar-refractivity contribution is -0.150. The van der Waals surface area contributed by atoms with E-state index in [1.807, 2.05) is 0 Å². The number of esters is 1. The van der Waals surface area contributed by atoms with Gasteiger partial charge in [-0.15, -0.1) is 0 Å². The summed E-state index contributed by atoms with van der Waals surface area (Å²) in [6.07, 6.45) is -4.96. The summed E-state index contributed by atoms with van der Waals surface area (Å²) in [6, 6.07) is 7.42. The summed E-state index contributed by atoms with van der Waals surface area (Å²) in [6.45, 7) is -0.552. The molecule has 7 nitrogen and oxygen atoms in total. The monoisotopic (exact) mass is 519 g/mol. The fourth-order valence-corrected chi connectivity index (χ4v) is 3.54. The van der Waals surface area contributed by atoms with Crippen LogP contribution in [0.3, 0.4) is 0 Å². The largest absolute Gasteiger partial charge is 0.465 e. The molecule has 0 radical (unpaired) electrons. The first-order chi connectivity index (χ1) is 16.3. The number of alkyl halides is 5. The van der Waals surface area contributed by atoms with Crippen LogP contribution in [0.1, 0.15) is 25.0 Å². The van der Waals surface area contributed by atoms with Gasteiger partial charge in [0.15, 0.2) is 0 Å².